The summed E-state index contributed by atoms with van der Waals surface area (Å²) in [5.41, 5.74) is 3.45. The van der Waals surface area contributed by atoms with Crippen molar-refractivity contribution < 1.29 is 13.2 Å². The van der Waals surface area contributed by atoms with Gasteiger partial charge in [-0.1, -0.05) is 54.4 Å². The lowest BCUT2D eigenvalue weighted by Crippen LogP contribution is -2.21. The van der Waals surface area contributed by atoms with Crippen molar-refractivity contribution in [1.29, 1.82) is 0 Å². The molecule has 0 saturated heterocycles. The van der Waals surface area contributed by atoms with E-state index in [1.807, 2.05) is 36.4 Å². The van der Waals surface area contributed by atoms with E-state index in [1.54, 1.807) is 12.1 Å². The quantitative estimate of drug-likeness (QED) is 0.461. The summed E-state index contributed by atoms with van der Waals surface area (Å²) in [5.74, 6) is 0.291. The molecular weight excluding hydrogens is 446 g/mol. The van der Waals surface area contributed by atoms with Crippen molar-refractivity contribution in [3.05, 3.63) is 76.1 Å². The summed E-state index contributed by atoms with van der Waals surface area (Å²) in [6, 6.07) is 16.7. The number of hydrogen-bond acceptors (Lipinski definition) is 5. The average Bonchev–Trinajstić information content (AvgIpc) is 2.74. The van der Waals surface area contributed by atoms with Gasteiger partial charge in [0.15, 0.2) is 15.7 Å². The van der Waals surface area contributed by atoms with Gasteiger partial charge in [-0.3, -0.25) is 10.1 Å². The van der Waals surface area contributed by atoms with Crippen molar-refractivity contribution >= 4 is 27.3 Å². The molecule has 1 N–H and O–H groups in total. The normalized spacial score (nSPS) is 14.2. The number of nitrogens with one attached hydrogen (secondary N) is 1. The van der Waals surface area contributed by atoms with Crippen LogP contribution in [0.5, 0.6) is 0 Å². The van der Waals surface area contributed by atoms with Crippen LogP contribution in [0.4, 0.5) is 0 Å². The smallest absolute Gasteiger partial charge is 0.235 e. The molecule has 0 aliphatic carbocycles. The molecule has 2 heterocycles. The summed E-state index contributed by atoms with van der Waals surface area (Å²) < 4.78 is 25.7. The summed E-state index contributed by atoms with van der Waals surface area (Å²) in [5, 5.41) is 2.87. The average molecular weight is 466 g/mol. The second-order valence-corrected chi connectivity index (χ2v) is 10.0. The molecular formula is C24H20ClN3O3S. The third kappa shape index (κ3) is 4.82. The Bertz CT molecular complexity index is 1330. The topological polar surface area (TPSA) is 89.0 Å². The number of carbonyl (C=O) groups is 1. The third-order valence-electron chi connectivity index (χ3n) is 5.20. The molecule has 6 nitrogen and oxygen atoms in total. The molecule has 0 spiro atoms. The van der Waals surface area contributed by atoms with Gasteiger partial charge in [-0.2, -0.15) is 0 Å². The lowest BCUT2D eigenvalue weighted by molar-refractivity contribution is -0.119. The predicted octanol–water partition coefficient (Wildman–Crippen LogP) is 3.36. The number of benzene rings is 2. The Balaban J connectivity index is 1.72. The Morgan fingerprint density at radius 2 is 1.88 bits per heavy atom. The third-order valence-corrected chi connectivity index (χ3v) is 7.35. The van der Waals surface area contributed by atoms with E-state index in [0.29, 0.717) is 41.5 Å². The van der Waals surface area contributed by atoms with Crippen LogP contribution in [0.3, 0.4) is 0 Å². The summed E-state index contributed by atoms with van der Waals surface area (Å²) in [6.07, 6.45) is 6.70. The SMILES string of the molecule is C#CNC(=O)Cc1ccc(Cc2nc(-c3cccc(Cl)c3)nc3c2S(=O)(=O)CCC3)cc1. The van der Waals surface area contributed by atoms with Gasteiger partial charge in [0.05, 0.1) is 23.6 Å². The van der Waals surface area contributed by atoms with Crippen LogP contribution >= 0.6 is 11.6 Å². The molecule has 32 heavy (non-hydrogen) atoms. The minimum absolute atomic E-state index is 0.0934. The van der Waals surface area contributed by atoms with Crippen LogP contribution < -0.4 is 5.32 Å². The van der Waals surface area contributed by atoms with Gasteiger partial charge in [-0.25, -0.2) is 18.4 Å². The molecule has 0 atom stereocenters. The van der Waals surface area contributed by atoms with Crippen LogP contribution in [0.25, 0.3) is 11.4 Å². The number of carbonyl (C=O) groups excluding carboxylic acids is 1. The fraction of sp³-hybridized carbons (Fsp3) is 0.208. The van der Waals surface area contributed by atoms with Crippen molar-refractivity contribution in [3.63, 3.8) is 0 Å². The van der Waals surface area contributed by atoms with Gasteiger partial charge >= 0.3 is 0 Å². The second kappa shape index (κ2) is 9.11. The predicted molar refractivity (Wildman–Crippen MR) is 123 cm³/mol. The maximum Gasteiger partial charge on any atom is 0.235 e. The van der Waals surface area contributed by atoms with Gasteiger partial charge in [0, 0.05) is 23.1 Å². The first-order valence-corrected chi connectivity index (χ1v) is 12.1. The molecule has 1 amide bonds. The first kappa shape index (κ1) is 22.0. The lowest BCUT2D eigenvalue weighted by Gasteiger charge is -2.19. The minimum atomic E-state index is -3.45. The van der Waals surface area contributed by atoms with Crippen molar-refractivity contribution in [1.82, 2.24) is 15.3 Å². The summed E-state index contributed by atoms with van der Waals surface area (Å²) in [7, 11) is -3.45. The first-order chi connectivity index (χ1) is 15.4. The van der Waals surface area contributed by atoms with Crippen molar-refractivity contribution in [2.45, 2.75) is 30.6 Å². The second-order valence-electron chi connectivity index (χ2n) is 7.57. The molecule has 0 unspecified atom stereocenters. The Morgan fingerprint density at radius 3 is 2.59 bits per heavy atom. The van der Waals surface area contributed by atoms with Gasteiger partial charge in [-0.05, 0) is 36.1 Å². The molecule has 1 aliphatic rings. The number of aryl methyl sites for hydroxylation is 1. The van der Waals surface area contributed by atoms with Crippen molar-refractivity contribution in [2.24, 2.45) is 0 Å². The summed E-state index contributed by atoms with van der Waals surface area (Å²) in [6.45, 7) is 0. The number of rotatable bonds is 5. The van der Waals surface area contributed by atoms with Crippen LogP contribution in [0.15, 0.2) is 53.4 Å². The number of sulfone groups is 1. The van der Waals surface area contributed by atoms with Crippen molar-refractivity contribution in [2.75, 3.05) is 5.75 Å². The highest BCUT2D eigenvalue weighted by Crippen LogP contribution is 2.31. The number of halogens is 1. The number of terminal acetylenes is 1. The van der Waals surface area contributed by atoms with Gasteiger partial charge in [0.25, 0.3) is 0 Å². The molecule has 4 rings (SSSR count). The molecule has 3 aromatic rings. The maximum absolute atomic E-state index is 12.9. The van der Waals surface area contributed by atoms with E-state index in [9.17, 15) is 13.2 Å². The zero-order valence-electron chi connectivity index (χ0n) is 17.1. The summed E-state index contributed by atoms with van der Waals surface area (Å²) >= 11 is 6.13. The molecule has 162 valence electrons. The van der Waals surface area contributed by atoms with E-state index >= 15 is 0 Å². The Hall–Kier alpha value is -3.21. The van der Waals surface area contributed by atoms with Crippen LogP contribution in [0, 0.1) is 12.5 Å². The lowest BCUT2D eigenvalue weighted by atomic mass is 10.0. The standard InChI is InChI=1S/C24H20ClN3O3S/c1-2-26-22(29)14-17-10-8-16(9-11-17)13-21-23-20(7-4-12-32(23,30)31)27-24(28-21)18-5-3-6-19(25)15-18/h1,3,5-6,8-11,15H,4,7,12-14H2,(H,26,29). The minimum Gasteiger partial charge on any atom is -0.285 e. The van der Waals surface area contributed by atoms with Gasteiger partial charge in [0.1, 0.15) is 4.90 Å². The van der Waals surface area contributed by atoms with Crippen LogP contribution in [-0.4, -0.2) is 30.0 Å². The number of amides is 1. The van der Waals surface area contributed by atoms with E-state index in [-0.39, 0.29) is 23.0 Å². The molecule has 0 saturated carbocycles. The van der Waals surface area contributed by atoms with E-state index in [2.05, 4.69) is 21.3 Å². The van der Waals surface area contributed by atoms with Gasteiger partial charge < -0.3 is 0 Å². The fourth-order valence-corrected chi connectivity index (χ4v) is 5.67. The van der Waals surface area contributed by atoms with E-state index in [0.717, 1.165) is 16.7 Å². The molecule has 0 fully saturated rings. The first-order valence-electron chi connectivity index (χ1n) is 10.1. The molecule has 1 aliphatic heterocycles. The van der Waals surface area contributed by atoms with Crippen LogP contribution in [-0.2, 0) is 33.9 Å². The van der Waals surface area contributed by atoms with E-state index < -0.39 is 9.84 Å². The Kier molecular flexibility index (Phi) is 6.26. The number of aromatic nitrogens is 2. The van der Waals surface area contributed by atoms with E-state index in [1.165, 1.54) is 0 Å². The van der Waals surface area contributed by atoms with Gasteiger partial charge in [0.2, 0.25) is 5.91 Å². The monoisotopic (exact) mass is 465 g/mol. The Labute approximate surface area is 192 Å². The molecule has 1 aromatic heterocycles. The summed E-state index contributed by atoms with van der Waals surface area (Å²) in [4.78, 5) is 21.1. The molecule has 2 aromatic carbocycles. The van der Waals surface area contributed by atoms with Crippen LogP contribution in [0.1, 0.15) is 28.9 Å². The molecule has 8 heteroatoms. The zero-order chi connectivity index (χ0) is 22.7. The fourth-order valence-electron chi connectivity index (χ4n) is 3.76. The number of nitrogens with zero attached hydrogens (tertiary/aromatic N) is 2. The van der Waals surface area contributed by atoms with Crippen LogP contribution in [0.2, 0.25) is 5.02 Å². The van der Waals surface area contributed by atoms with Crippen molar-refractivity contribution in [3.8, 4) is 23.9 Å². The molecule has 0 bridgehead atoms. The van der Waals surface area contributed by atoms with E-state index in [4.69, 9.17) is 18.0 Å². The zero-order valence-corrected chi connectivity index (χ0v) is 18.7. The maximum atomic E-state index is 12.9. The number of hydrogen-bond donors (Lipinski definition) is 1. The largest absolute Gasteiger partial charge is 0.285 e. The molecule has 0 radical (unpaired) electrons. The highest BCUT2D eigenvalue weighted by atomic mass is 35.5. The number of fused-ring (bicyclic) bond motifs is 1. The highest BCUT2D eigenvalue weighted by Gasteiger charge is 2.30. The van der Waals surface area contributed by atoms with Gasteiger partial charge in [-0.15, -0.1) is 0 Å². The highest BCUT2D eigenvalue weighted by molar-refractivity contribution is 7.91. The Morgan fingerprint density at radius 1 is 1.12 bits per heavy atom.